The number of carbonyl (C=O) groups excluding carboxylic acids is 1. The largest absolute Gasteiger partial charge is 0.441 e. The third-order valence-electron chi connectivity index (χ3n) is 3.96. The number of nitrogens with one attached hydrogen (secondary N) is 2. The summed E-state index contributed by atoms with van der Waals surface area (Å²) < 4.78 is 5.71. The van der Waals surface area contributed by atoms with E-state index in [1.54, 1.807) is 6.92 Å². The van der Waals surface area contributed by atoms with Crippen molar-refractivity contribution in [3.63, 3.8) is 0 Å². The predicted molar refractivity (Wildman–Crippen MR) is 89.0 cm³/mol. The number of carbonyl (C=O) groups is 1. The molecule has 0 atom stereocenters. The van der Waals surface area contributed by atoms with Crippen molar-refractivity contribution in [2.45, 2.75) is 19.8 Å². The molecule has 3 aromatic rings. The van der Waals surface area contributed by atoms with Gasteiger partial charge >= 0.3 is 0 Å². The van der Waals surface area contributed by atoms with Gasteiger partial charge in [-0.1, -0.05) is 12.1 Å². The molecule has 1 aliphatic heterocycles. The summed E-state index contributed by atoms with van der Waals surface area (Å²) in [7, 11) is 0. The van der Waals surface area contributed by atoms with Gasteiger partial charge in [0.25, 0.3) is 5.91 Å². The normalized spacial score (nSPS) is 13.6. The van der Waals surface area contributed by atoms with Crippen molar-refractivity contribution < 1.29 is 9.21 Å². The van der Waals surface area contributed by atoms with E-state index in [-0.39, 0.29) is 5.91 Å². The van der Waals surface area contributed by atoms with Crippen molar-refractivity contribution >= 4 is 22.8 Å². The van der Waals surface area contributed by atoms with E-state index in [4.69, 9.17) is 4.42 Å². The molecule has 0 fully saturated rings. The van der Waals surface area contributed by atoms with Gasteiger partial charge in [-0.05, 0) is 25.5 Å². The van der Waals surface area contributed by atoms with E-state index in [0.717, 1.165) is 28.9 Å². The Morgan fingerprint density at radius 1 is 1.25 bits per heavy atom. The molecular formula is C17H17N5O2. The number of fused-ring (bicyclic) bond motifs is 2. The Bertz CT molecular complexity index is 885. The summed E-state index contributed by atoms with van der Waals surface area (Å²) in [5.74, 6) is 1.85. The molecule has 0 unspecified atom stereocenters. The first-order valence-electron chi connectivity index (χ1n) is 7.95. The second kappa shape index (κ2) is 5.92. The van der Waals surface area contributed by atoms with Crippen LogP contribution in [0.4, 0.5) is 5.82 Å². The van der Waals surface area contributed by atoms with Crippen LogP contribution in [0.3, 0.4) is 0 Å². The molecule has 2 aromatic heterocycles. The van der Waals surface area contributed by atoms with Crippen molar-refractivity contribution in [1.82, 2.24) is 20.3 Å². The number of anilines is 1. The molecule has 24 heavy (non-hydrogen) atoms. The van der Waals surface area contributed by atoms with Crippen LogP contribution in [-0.2, 0) is 12.8 Å². The molecule has 0 saturated carbocycles. The van der Waals surface area contributed by atoms with E-state index in [9.17, 15) is 4.79 Å². The Morgan fingerprint density at radius 3 is 3.00 bits per heavy atom. The van der Waals surface area contributed by atoms with Crippen LogP contribution in [-0.4, -0.2) is 33.9 Å². The fourth-order valence-electron chi connectivity index (χ4n) is 2.87. The number of amides is 1. The van der Waals surface area contributed by atoms with E-state index < -0.39 is 0 Å². The summed E-state index contributed by atoms with van der Waals surface area (Å²) in [5.41, 5.74) is 3.00. The Hall–Kier alpha value is -2.96. The van der Waals surface area contributed by atoms with E-state index in [1.165, 1.54) is 0 Å². The van der Waals surface area contributed by atoms with E-state index >= 15 is 0 Å². The Balaban J connectivity index is 1.50. The highest BCUT2D eigenvalue weighted by atomic mass is 16.3. The lowest BCUT2D eigenvalue weighted by Gasteiger charge is -2.19. The van der Waals surface area contributed by atoms with Gasteiger partial charge in [-0.15, -0.1) is 0 Å². The summed E-state index contributed by atoms with van der Waals surface area (Å²) in [6.07, 6.45) is 1.37. The Kier molecular flexibility index (Phi) is 3.60. The number of benzene rings is 1. The quantitative estimate of drug-likeness (QED) is 0.761. The highest BCUT2D eigenvalue weighted by Gasteiger charge is 2.22. The first-order valence-corrected chi connectivity index (χ1v) is 7.95. The molecular weight excluding hydrogens is 306 g/mol. The maximum absolute atomic E-state index is 11.9. The summed E-state index contributed by atoms with van der Waals surface area (Å²) in [5, 5.41) is 6.10. The lowest BCUT2D eigenvalue weighted by Crippen LogP contribution is -2.34. The zero-order valence-corrected chi connectivity index (χ0v) is 13.3. The van der Waals surface area contributed by atoms with Gasteiger partial charge in [0.15, 0.2) is 11.5 Å². The topological polar surface area (TPSA) is 92.9 Å². The summed E-state index contributed by atoms with van der Waals surface area (Å²) in [6, 6.07) is 7.70. The molecule has 7 heteroatoms. The number of aromatic nitrogens is 3. The number of aryl methyl sites for hydroxylation is 1. The number of hydrogen-bond acceptors (Lipinski definition) is 6. The maximum atomic E-state index is 11.9. The van der Waals surface area contributed by atoms with Crippen LogP contribution in [0.1, 0.15) is 27.8 Å². The predicted octanol–water partition coefficient (Wildman–Crippen LogP) is 1.87. The van der Waals surface area contributed by atoms with Crippen LogP contribution >= 0.6 is 0 Å². The average Bonchev–Trinajstić information content (AvgIpc) is 2.98. The molecule has 7 nitrogen and oxygen atoms in total. The fourth-order valence-corrected chi connectivity index (χ4v) is 2.87. The van der Waals surface area contributed by atoms with Crippen LogP contribution in [0.25, 0.3) is 11.1 Å². The van der Waals surface area contributed by atoms with Gasteiger partial charge in [-0.2, -0.15) is 0 Å². The maximum Gasteiger partial charge on any atom is 0.270 e. The molecule has 2 N–H and O–H groups in total. The summed E-state index contributed by atoms with van der Waals surface area (Å²) in [4.78, 5) is 25.1. The van der Waals surface area contributed by atoms with Gasteiger partial charge in [-0.3, -0.25) is 4.79 Å². The van der Waals surface area contributed by atoms with E-state index in [0.29, 0.717) is 36.9 Å². The second-order valence-corrected chi connectivity index (χ2v) is 5.70. The number of nitrogens with zero attached hydrogens (tertiary/aromatic N) is 3. The van der Waals surface area contributed by atoms with Gasteiger partial charge < -0.3 is 15.1 Å². The van der Waals surface area contributed by atoms with Crippen molar-refractivity contribution in [1.29, 1.82) is 0 Å². The highest BCUT2D eigenvalue weighted by Crippen LogP contribution is 2.20. The molecule has 1 amide bonds. The molecule has 0 radical (unpaired) electrons. The molecule has 1 aliphatic rings. The first-order chi connectivity index (χ1) is 11.7. The van der Waals surface area contributed by atoms with Gasteiger partial charge in [0, 0.05) is 25.1 Å². The van der Waals surface area contributed by atoms with Gasteiger partial charge in [0.05, 0.1) is 0 Å². The van der Waals surface area contributed by atoms with E-state index in [1.807, 2.05) is 24.3 Å². The molecule has 0 saturated heterocycles. The molecule has 122 valence electrons. The molecule has 0 spiro atoms. The second-order valence-electron chi connectivity index (χ2n) is 5.70. The first kappa shape index (κ1) is 14.6. The standard InChI is InChI=1S/C17H17N5O2/c1-10-20-15-11(6-8-19-17(15)23)16(21-10)18-9-7-14-22-12-4-2-3-5-13(12)24-14/h2-5H,6-9H2,1H3,(H,19,23)(H,18,20,21). The monoisotopic (exact) mass is 323 g/mol. The summed E-state index contributed by atoms with van der Waals surface area (Å²) >= 11 is 0. The lowest BCUT2D eigenvalue weighted by atomic mass is 10.1. The molecule has 0 aliphatic carbocycles. The van der Waals surface area contributed by atoms with Gasteiger partial charge in [0.2, 0.25) is 0 Å². The lowest BCUT2D eigenvalue weighted by molar-refractivity contribution is 0.0940. The zero-order chi connectivity index (χ0) is 16.5. The molecule has 3 heterocycles. The number of hydrogen-bond donors (Lipinski definition) is 2. The average molecular weight is 323 g/mol. The van der Waals surface area contributed by atoms with Crippen LogP contribution in [0.2, 0.25) is 0 Å². The van der Waals surface area contributed by atoms with Crippen molar-refractivity contribution in [2.75, 3.05) is 18.4 Å². The van der Waals surface area contributed by atoms with Crippen molar-refractivity contribution in [3.05, 3.63) is 47.2 Å². The van der Waals surface area contributed by atoms with Crippen LogP contribution in [0, 0.1) is 6.92 Å². The van der Waals surface area contributed by atoms with Gasteiger partial charge in [-0.25, -0.2) is 15.0 Å². The van der Waals surface area contributed by atoms with Crippen molar-refractivity contribution in [3.8, 4) is 0 Å². The third-order valence-corrected chi connectivity index (χ3v) is 3.96. The highest BCUT2D eigenvalue weighted by molar-refractivity contribution is 5.95. The van der Waals surface area contributed by atoms with Crippen LogP contribution < -0.4 is 10.6 Å². The van der Waals surface area contributed by atoms with Crippen molar-refractivity contribution in [2.24, 2.45) is 0 Å². The van der Waals surface area contributed by atoms with E-state index in [2.05, 4.69) is 25.6 Å². The Morgan fingerprint density at radius 2 is 2.12 bits per heavy atom. The molecule has 0 bridgehead atoms. The number of rotatable bonds is 4. The minimum Gasteiger partial charge on any atom is -0.441 e. The van der Waals surface area contributed by atoms with Crippen LogP contribution in [0.5, 0.6) is 0 Å². The third kappa shape index (κ3) is 2.68. The minimum atomic E-state index is -0.135. The summed E-state index contributed by atoms with van der Waals surface area (Å²) in [6.45, 7) is 3.02. The Labute approximate surface area is 138 Å². The van der Waals surface area contributed by atoms with Crippen LogP contribution in [0.15, 0.2) is 28.7 Å². The minimum absolute atomic E-state index is 0.135. The smallest absolute Gasteiger partial charge is 0.270 e. The molecule has 1 aromatic carbocycles. The zero-order valence-electron chi connectivity index (χ0n) is 13.3. The SMILES string of the molecule is Cc1nc(NCCc2nc3ccccc3o2)c2c(n1)C(=O)NCC2. The van der Waals surface area contributed by atoms with Gasteiger partial charge in [0.1, 0.15) is 22.9 Å². The number of para-hydroxylation sites is 2. The number of oxazole rings is 1. The fraction of sp³-hybridized carbons (Fsp3) is 0.294. The molecule has 4 rings (SSSR count).